The van der Waals surface area contributed by atoms with Gasteiger partial charge in [0.1, 0.15) is 17.3 Å². The van der Waals surface area contributed by atoms with E-state index in [1.165, 1.54) is 6.20 Å². The van der Waals surface area contributed by atoms with E-state index in [2.05, 4.69) is 33.8 Å². The Morgan fingerprint density at radius 2 is 2.09 bits per heavy atom. The quantitative estimate of drug-likeness (QED) is 0.907. The number of hydrogen-bond donors (Lipinski definition) is 1. The predicted octanol–water partition coefficient (Wildman–Crippen LogP) is 1.08. The van der Waals surface area contributed by atoms with Crippen LogP contribution < -0.4 is 10.6 Å². The highest BCUT2D eigenvalue weighted by Gasteiger charge is 2.23. The van der Waals surface area contributed by atoms with E-state index < -0.39 is 5.91 Å². The summed E-state index contributed by atoms with van der Waals surface area (Å²) in [6.07, 6.45) is 5.74. The van der Waals surface area contributed by atoms with Crippen molar-refractivity contribution in [2.45, 2.75) is 33.4 Å². The standard InChI is InChI=1S/C15H18N6O/c1-9(2)3-13-18-4-10-7-21(8-12(10)19-13)14-6-17-5-11(20-14)15(16)22/h4-6,9H,3,7-8H2,1-2H3,(H2,16,22). The molecule has 0 unspecified atom stereocenters. The Hall–Kier alpha value is -2.57. The molecule has 22 heavy (non-hydrogen) atoms. The fourth-order valence-electron chi connectivity index (χ4n) is 2.45. The van der Waals surface area contributed by atoms with Gasteiger partial charge in [0, 0.05) is 24.7 Å². The van der Waals surface area contributed by atoms with Gasteiger partial charge in [0.15, 0.2) is 0 Å². The van der Waals surface area contributed by atoms with Gasteiger partial charge in [-0.3, -0.25) is 9.78 Å². The second-order valence-corrected chi connectivity index (χ2v) is 5.84. The molecule has 2 aromatic rings. The summed E-state index contributed by atoms with van der Waals surface area (Å²) in [6.45, 7) is 5.59. The largest absolute Gasteiger partial charge is 0.364 e. The lowest BCUT2D eigenvalue weighted by molar-refractivity contribution is 0.0995. The van der Waals surface area contributed by atoms with Crippen LogP contribution in [0.4, 0.5) is 5.82 Å². The summed E-state index contributed by atoms with van der Waals surface area (Å²) < 4.78 is 0. The average Bonchev–Trinajstić information content (AvgIpc) is 2.90. The van der Waals surface area contributed by atoms with Gasteiger partial charge in [-0.05, 0) is 5.92 Å². The second-order valence-electron chi connectivity index (χ2n) is 5.84. The van der Waals surface area contributed by atoms with Crippen molar-refractivity contribution in [1.29, 1.82) is 0 Å². The zero-order valence-electron chi connectivity index (χ0n) is 12.7. The Labute approximate surface area is 128 Å². The maximum absolute atomic E-state index is 11.2. The molecule has 0 aromatic carbocycles. The molecule has 3 heterocycles. The normalized spacial score (nSPS) is 13.5. The van der Waals surface area contributed by atoms with Crippen LogP contribution in [0.2, 0.25) is 0 Å². The van der Waals surface area contributed by atoms with E-state index in [1.54, 1.807) is 6.20 Å². The van der Waals surface area contributed by atoms with E-state index >= 15 is 0 Å². The maximum atomic E-state index is 11.2. The minimum Gasteiger partial charge on any atom is -0.364 e. The van der Waals surface area contributed by atoms with E-state index in [4.69, 9.17) is 5.73 Å². The zero-order valence-corrected chi connectivity index (χ0v) is 12.7. The van der Waals surface area contributed by atoms with Gasteiger partial charge in [-0.15, -0.1) is 0 Å². The highest BCUT2D eigenvalue weighted by atomic mass is 16.1. The number of anilines is 1. The fraction of sp³-hybridized carbons (Fsp3) is 0.400. The van der Waals surface area contributed by atoms with Crippen LogP contribution in [0.5, 0.6) is 0 Å². The Kier molecular flexibility index (Phi) is 3.70. The van der Waals surface area contributed by atoms with Crippen molar-refractivity contribution in [2.24, 2.45) is 11.7 Å². The first-order valence-corrected chi connectivity index (χ1v) is 7.23. The van der Waals surface area contributed by atoms with Crippen LogP contribution >= 0.6 is 0 Å². The number of fused-ring (bicyclic) bond motifs is 1. The van der Waals surface area contributed by atoms with Crippen LogP contribution in [0.15, 0.2) is 18.6 Å². The first-order valence-electron chi connectivity index (χ1n) is 7.23. The number of nitrogens with zero attached hydrogens (tertiary/aromatic N) is 5. The number of primary amides is 1. The molecular weight excluding hydrogens is 280 g/mol. The summed E-state index contributed by atoms with van der Waals surface area (Å²) in [5.74, 6) is 1.44. The Balaban J connectivity index is 1.82. The van der Waals surface area contributed by atoms with Crippen molar-refractivity contribution >= 4 is 11.7 Å². The zero-order chi connectivity index (χ0) is 15.7. The molecule has 0 atom stereocenters. The van der Waals surface area contributed by atoms with Crippen molar-refractivity contribution in [3.63, 3.8) is 0 Å². The lowest BCUT2D eigenvalue weighted by Gasteiger charge is -2.15. The lowest BCUT2D eigenvalue weighted by Crippen LogP contribution is -2.20. The molecule has 1 amide bonds. The molecule has 0 bridgehead atoms. The molecular formula is C15H18N6O. The molecule has 0 radical (unpaired) electrons. The highest BCUT2D eigenvalue weighted by Crippen LogP contribution is 2.25. The van der Waals surface area contributed by atoms with Crippen LogP contribution in [-0.4, -0.2) is 25.8 Å². The van der Waals surface area contributed by atoms with Crippen LogP contribution in [0.3, 0.4) is 0 Å². The molecule has 1 aliphatic rings. The molecule has 0 saturated carbocycles. The third-order valence-corrected chi connectivity index (χ3v) is 3.50. The second kappa shape index (κ2) is 5.67. The van der Waals surface area contributed by atoms with E-state index in [0.717, 1.165) is 23.5 Å². The molecule has 2 N–H and O–H groups in total. The molecule has 3 rings (SSSR count). The number of nitrogens with two attached hydrogens (primary N) is 1. The molecule has 7 nitrogen and oxygen atoms in total. The van der Waals surface area contributed by atoms with Gasteiger partial charge in [0.2, 0.25) is 0 Å². The smallest absolute Gasteiger partial charge is 0.268 e. The topological polar surface area (TPSA) is 97.9 Å². The van der Waals surface area contributed by atoms with Gasteiger partial charge < -0.3 is 10.6 Å². The first-order chi connectivity index (χ1) is 10.5. The minimum atomic E-state index is -0.579. The van der Waals surface area contributed by atoms with Gasteiger partial charge in [-0.25, -0.2) is 15.0 Å². The Morgan fingerprint density at radius 1 is 1.27 bits per heavy atom. The SMILES string of the molecule is CC(C)Cc1ncc2c(n1)CN(c1cncc(C(N)=O)n1)C2. The third-order valence-electron chi connectivity index (χ3n) is 3.50. The summed E-state index contributed by atoms with van der Waals surface area (Å²) in [5, 5.41) is 0. The van der Waals surface area contributed by atoms with Crippen molar-refractivity contribution in [2.75, 3.05) is 4.90 Å². The monoisotopic (exact) mass is 298 g/mol. The third kappa shape index (κ3) is 2.88. The van der Waals surface area contributed by atoms with Crippen LogP contribution in [0.1, 0.15) is 41.4 Å². The van der Waals surface area contributed by atoms with E-state index in [0.29, 0.717) is 24.8 Å². The van der Waals surface area contributed by atoms with Crippen LogP contribution in [0.25, 0.3) is 0 Å². The molecule has 0 spiro atoms. The molecule has 7 heteroatoms. The lowest BCUT2D eigenvalue weighted by atomic mass is 10.1. The van der Waals surface area contributed by atoms with Crippen LogP contribution in [0, 0.1) is 5.92 Å². The number of carbonyl (C=O) groups excluding carboxylic acids is 1. The Morgan fingerprint density at radius 3 is 2.82 bits per heavy atom. The molecule has 0 fully saturated rings. The van der Waals surface area contributed by atoms with Crippen molar-refractivity contribution in [3.05, 3.63) is 41.4 Å². The molecule has 1 aliphatic heterocycles. The Bertz CT molecular complexity index is 715. The van der Waals surface area contributed by atoms with E-state index in [-0.39, 0.29) is 5.69 Å². The number of amides is 1. The molecule has 114 valence electrons. The van der Waals surface area contributed by atoms with Gasteiger partial charge in [-0.2, -0.15) is 0 Å². The summed E-state index contributed by atoms with van der Waals surface area (Å²) in [6, 6.07) is 0. The van der Waals surface area contributed by atoms with Crippen LogP contribution in [-0.2, 0) is 19.5 Å². The summed E-state index contributed by atoms with van der Waals surface area (Å²) in [5.41, 5.74) is 7.51. The van der Waals surface area contributed by atoms with Crippen molar-refractivity contribution < 1.29 is 4.79 Å². The highest BCUT2D eigenvalue weighted by molar-refractivity contribution is 5.90. The van der Waals surface area contributed by atoms with E-state index in [9.17, 15) is 4.79 Å². The molecule has 0 aliphatic carbocycles. The summed E-state index contributed by atoms with van der Waals surface area (Å²) in [7, 11) is 0. The van der Waals surface area contributed by atoms with Crippen molar-refractivity contribution in [1.82, 2.24) is 19.9 Å². The van der Waals surface area contributed by atoms with Gasteiger partial charge in [0.05, 0.1) is 24.6 Å². The summed E-state index contributed by atoms with van der Waals surface area (Å²) >= 11 is 0. The van der Waals surface area contributed by atoms with Gasteiger partial charge in [0.25, 0.3) is 5.91 Å². The number of carbonyl (C=O) groups is 1. The fourth-order valence-corrected chi connectivity index (χ4v) is 2.45. The van der Waals surface area contributed by atoms with Gasteiger partial charge in [-0.1, -0.05) is 13.8 Å². The number of hydrogen-bond acceptors (Lipinski definition) is 6. The molecule has 2 aromatic heterocycles. The van der Waals surface area contributed by atoms with E-state index in [1.807, 2.05) is 11.1 Å². The number of aromatic nitrogens is 4. The predicted molar refractivity (Wildman–Crippen MR) is 81.0 cm³/mol. The molecule has 0 saturated heterocycles. The van der Waals surface area contributed by atoms with Gasteiger partial charge >= 0.3 is 0 Å². The average molecular weight is 298 g/mol. The maximum Gasteiger partial charge on any atom is 0.268 e. The minimum absolute atomic E-state index is 0.167. The summed E-state index contributed by atoms with van der Waals surface area (Å²) in [4.78, 5) is 30.6. The first kappa shape index (κ1) is 14.4. The van der Waals surface area contributed by atoms with Crippen molar-refractivity contribution in [3.8, 4) is 0 Å². The number of rotatable bonds is 4.